The van der Waals surface area contributed by atoms with Crippen molar-refractivity contribution < 1.29 is 18.7 Å². The third-order valence-electron chi connectivity index (χ3n) is 4.41. The zero-order chi connectivity index (χ0) is 18.7. The molecule has 0 radical (unpaired) electrons. The summed E-state index contributed by atoms with van der Waals surface area (Å²) in [6.07, 6.45) is 3.73. The Morgan fingerprint density at radius 1 is 1.42 bits per heavy atom. The summed E-state index contributed by atoms with van der Waals surface area (Å²) in [4.78, 5) is 12.0. The number of fused-ring (bicyclic) bond motifs is 1. The van der Waals surface area contributed by atoms with Crippen molar-refractivity contribution in [2.75, 3.05) is 13.3 Å². The Bertz CT molecular complexity index is 858. The van der Waals surface area contributed by atoms with Crippen LogP contribution in [0.4, 0.5) is 4.39 Å². The van der Waals surface area contributed by atoms with E-state index in [0.29, 0.717) is 30.9 Å². The van der Waals surface area contributed by atoms with Gasteiger partial charge in [-0.3, -0.25) is 9.48 Å². The summed E-state index contributed by atoms with van der Waals surface area (Å²) in [5.74, 6) is 0.118. The highest BCUT2D eigenvalue weighted by Gasteiger charge is 2.16. The first-order valence-electron chi connectivity index (χ1n) is 8.43. The van der Waals surface area contributed by atoms with E-state index in [-0.39, 0.29) is 18.5 Å². The van der Waals surface area contributed by atoms with Crippen LogP contribution in [0.5, 0.6) is 5.75 Å². The number of carbonyl (C=O) groups is 1. The summed E-state index contributed by atoms with van der Waals surface area (Å²) in [6.45, 7) is 4.73. The van der Waals surface area contributed by atoms with Crippen molar-refractivity contribution in [2.24, 2.45) is 7.05 Å². The maximum absolute atomic E-state index is 13.7. The van der Waals surface area contributed by atoms with Crippen LogP contribution in [0.2, 0.25) is 0 Å². The molecule has 0 aliphatic carbocycles. The summed E-state index contributed by atoms with van der Waals surface area (Å²) in [5.41, 5.74) is 4.24. The Hall–Kier alpha value is -2.67. The van der Waals surface area contributed by atoms with Gasteiger partial charge in [-0.05, 0) is 44.0 Å². The largest absolute Gasteiger partial charge is 0.467 e. The molecule has 7 heteroatoms. The van der Waals surface area contributed by atoms with Crippen molar-refractivity contribution in [3.8, 4) is 5.75 Å². The third-order valence-corrected chi connectivity index (χ3v) is 4.41. The van der Waals surface area contributed by atoms with Crippen molar-refractivity contribution >= 4 is 12.0 Å². The van der Waals surface area contributed by atoms with E-state index in [2.05, 4.69) is 10.4 Å². The SMILES string of the molecule is Cc1nn(C)c(C)c1/C=C/C(=O)NCCc1cc(F)cc2c1OCOC2. The van der Waals surface area contributed by atoms with E-state index in [9.17, 15) is 9.18 Å². The normalized spacial score (nSPS) is 13.5. The first-order chi connectivity index (χ1) is 12.5. The van der Waals surface area contributed by atoms with E-state index in [0.717, 1.165) is 22.5 Å². The molecule has 3 rings (SSSR count). The average Bonchev–Trinajstić information content (AvgIpc) is 2.85. The molecule has 26 heavy (non-hydrogen) atoms. The molecule has 0 saturated carbocycles. The molecule has 0 fully saturated rings. The Labute approximate surface area is 151 Å². The third kappa shape index (κ3) is 3.94. The molecule has 2 aromatic rings. The Morgan fingerprint density at radius 3 is 2.96 bits per heavy atom. The van der Waals surface area contributed by atoms with Gasteiger partial charge in [0.1, 0.15) is 11.6 Å². The summed E-state index contributed by atoms with van der Waals surface area (Å²) in [5, 5.41) is 7.12. The number of nitrogens with one attached hydrogen (secondary N) is 1. The molecule has 138 valence electrons. The van der Waals surface area contributed by atoms with Gasteiger partial charge in [-0.15, -0.1) is 0 Å². The van der Waals surface area contributed by atoms with Crippen LogP contribution in [0.25, 0.3) is 6.08 Å². The average molecular weight is 359 g/mol. The lowest BCUT2D eigenvalue weighted by Gasteiger charge is -2.20. The van der Waals surface area contributed by atoms with Gasteiger partial charge in [0.15, 0.2) is 6.79 Å². The molecular formula is C19H22FN3O3. The molecule has 1 amide bonds. The number of hydrogen-bond donors (Lipinski definition) is 1. The number of halogens is 1. The van der Waals surface area contributed by atoms with E-state index < -0.39 is 0 Å². The van der Waals surface area contributed by atoms with Crippen LogP contribution in [0, 0.1) is 19.7 Å². The number of ether oxygens (including phenoxy) is 2. The zero-order valence-electron chi connectivity index (χ0n) is 15.1. The fraction of sp³-hybridized carbons (Fsp3) is 0.368. The monoisotopic (exact) mass is 359 g/mol. The number of aryl methyl sites for hydroxylation is 2. The van der Waals surface area contributed by atoms with Gasteiger partial charge in [0.25, 0.3) is 0 Å². The number of amides is 1. The Morgan fingerprint density at radius 2 is 2.23 bits per heavy atom. The van der Waals surface area contributed by atoms with E-state index in [1.165, 1.54) is 18.2 Å². The molecule has 6 nitrogen and oxygen atoms in total. The predicted molar refractivity (Wildman–Crippen MR) is 95.1 cm³/mol. The lowest BCUT2D eigenvalue weighted by molar-refractivity contribution is -0.116. The number of aromatic nitrogens is 2. The second-order valence-corrected chi connectivity index (χ2v) is 6.25. The van der Waals surface area contributed by atoms with Crippen molar-refractivity contribution in [3.05, 3.63) is 52.1 Å². The molecular weight excluding hydrogens is 337 g/mol. The quantitative estimate of drug-likeness (QED) is 0.833. The van der Waals surface area contributed by atoms with Crippen LogP contribution < -0.4 is 10.1 Å². The minimum absolute atomic E-state index is 0.157. The predicted octanol–water partition coefficient (Wildman–Crippen LogP) is 2.41. The van der Waals surface area contributed by atoms with E-state index in [1.54, 1.807) is 10.8 Å². The summed E-state index contributed by atoms with van der Waals surface area (Å²) in [6, 6.07) is 2.85. The molecule has 0 unspecified atom stereocenters. The number of rotatable bonds is 5. The molecule has 0 spiro atoms. The minimum atomic E-state index is -0.332. The molecule has 1 aliphatic rings. The van der Waals surface area contributed by atoms with Crippen molar-refractivity contribution in [1.29, 1.82) is 0 Å². The second-order valence-electron chi connectivity index (χ2n) is 6.25. The lowest BCUT2D eigenvalue weighted by Crippen LogP contribution is -2.24. The lowest BCUT2D eigenvalue weighted by atomic mass is 10.1. The number of nitrogens with zero attached hydrogens (tertiary/aromatic N) is 2. The van der Waals surface area contributed by atoms with Crippen molar-refractivity contribution in [2.45, 2.75) is 26.9 Å². The van der Waals surface area contributed by atoms with Crippen LogP contribution in [0.15, 0.2) is 18.2 Å². The molecule has 1 aromatic heterocycles. The van der Waals surface area contributed by atoms with Gasteiger partial charge in [0.05, 0.1) is 12.3 Å². The number of benzene rings is 1. The highest BCUT2D eigenvalue weighted by atomic mass is 19.1. The van der Waals surface area contributed by atoms with Crippen LogP contribution in [0.1, 0.15) is 28.1 Å². The molecule has 0 atom stereocenters. The Balaban J connectivity index is 1.59. The van der Waals surface area contributed by atoms with Gasteiger partial charge in [0, 0.05) is 36.5 Å². The zero-order valence-corrected chi connectivity index (χ0v) is 15.1. The fourth-order valence-electron chi connectivity index (χ4n) is 3.01. The van der Waals surface area contributed by atoms with Gasteiger partial charge >= 0.3 is 0 Å². The molecule has 0 bridgehead atoms. The van der Waals surface area contributed by atoms with Gasteiger partial charge < -0.3 is 14.8 Å². The van der Waals surface area contributed by atoms with Crippen molar-refractivity contribution in [1.82, 2.24) is 15.1 Å². The Kier molecular flexibility index (Phi) is 5.37. The van der Waals surface area contributed by atoms with Crippen LogP contribution in [0.3, 0.4) is 0 Å². The molecule has 2 heterocycles. The topological polar surface area (TPSA) is 65.4 Å². The molecule has 1 aliphatic heterocycles. The van der Waals surface area contributed by atoms with Crippen LogP contribution >= 0.6 is 0 Å². The second kappa shape index (κ2) is 7.70. The van der Waals surface area contributed by atoms with Crippen LogP contribution in [-0.2, 0) is 29.6 Å². The fourth-order valence-corrected chi connectivity index (χ4v) is 3.01. The smallest absolute Gasteiger partial charge is 0.244 e. The molecule has 1 aromatic carbocycles. The van der Waals surface area contributed by atoms with E-state index in [1.807, 2.05) is 20.9 Å². The number of hydrogen-bond acceptors (Lipinski definition) is 4. The summed E-state index contributed by atoms with van der Waals surface area (Å²) >= 11 is 0. The van der Waals surface area contributed by atoms with Gasteiger partial charge in [-0.1, -0.05) is 0 Å². The first kappa shape index (κ1) is 18.1. The van der Waals surface area contributed by atoms with Crippen LogP contribution in [-0.4, -0.2) is 29.0 Å². The maximum atomic E-state index is 13.7. The summed E-state index contributed by atoms with van der Waals surface area (Å²) < 4.78 is 26.1. The van der Waals surface area contributed by atoms with E-state index in [4.69, 9.17) is 9.47 Å². The highest BCUT2D eigenvalue weighted by Crippen LogP contribution is 2.29. The minimum Gasteiger partial charge on any atom is -0.467 e. The van der Waals surface area contributed by atoms with E-state index >= 15 is 0 Å². The molecule has 0 saturated heterocycles. The first-order valence-corrected chi connectivity index (χ1v) is 8.43. The van der Waals surface area contributed by atoms with Crippen molar-refractivity contribution in [3.63, 3.8) is 0 Å². The summed E-state index contributed by atoms with van der Waals surface area (Å²) in [7, 11) is 1.87. The standard InChI is InChI=1S/C19H22FN3O3/c1-12-17(13(2)23(3)22-12)4-5-18(24)21-7-6-14-8-16(20)9-15-10-25-11-26-19(14)15/h4-5,8-9H,6-7,10-11H2,1-3H3,(H,21,24)/b5-4+. The highest BCUT2D eigenvalue weighted by molar-refractivity contribution is 5.92. The van der Waals surface area contributed by atoms with Gasteiger partial charge in [0.2, 0.25) is 5.91 Å². The van der Waals surface area contributed by atoms with Gasteiger partial charge in [-0.2, -0.15) is 5.10 Å². The van der Waals surface area contributed by atoms with Gasteiger partial charge in [-0.25, -0.2) is 4.39 Å². The number of carbonyl (C=O) groups excluding carboxylic acids is 1. The molecule has 1 N–H and O–H groups in total. The maximum Gasteiger partial charge on any atom is 0.244 e.